The molecule has 0 amide bonds. The zero-order valence-corrected chi connectivity index (χ0v) is 15.0. The van der Waals surface area contributed by atoms with Crippen molar-refractivity contribution >= 4 is 104 Å². The smallest absolute Gasteiger partial charge is 0.248 e. The third-order valence-electron chi connectivity index (χ3n) is 1.27. The van der Waals surface area contributed by atoms with Crippen molar-refractivity contribution in [2.75, 3.05) is 0 Å². The Bertz CT molecular complexity index is 264. The summed E-state index contributed by atoms with van der Waals surface area (Å²) in [6.07, 6.45) is -7.34. The third kappa shape index (κ3) is 8.56. The molecule has 0 aromatic rings. The van der Waals surface area contributed by atoms with Crippen molar-refractivity contribution in [3.63, 3.8) is 0 Å². The molecule has 0 N–H and O–H groups in total. The molecule has 0 saturated heterocycles. The molecule has 0 radical (unpaired) electrons. The Morgan fingerprint density at radius 1 is 0.579 bits per heavy atom. The Labute approximate surface area is 152 Å². The summed E-state index contributed by atoms with van der Waals surface area (Å²) in [7, 11) is 0. The van der Waals surface area contributed by atoms with Gasteiger partial charge in [-0.1, -0.05) is 104 Å². The first-order valence-electron chi connectivity index (χ1n) is 3.95. The Hall–Kier alpha value is 2.39. The number of alkyl halides is 11. The molecule has 0 fully saturated rings. The van der Waals surface area contributed by atoms with Gasteiger partial charge in [-0.2, -0.15) is 0 Å². The van der Waals surface area contributed by atoms with E-state index in [-0.39, 0.29) is 0 Å². The Balaban J connectivity index is 4.87. The van der Waals surface area contributed by atoms with E-state index in [0.29, 0.717) is 0 Å². The fourth-order valence-electron chi connectivity index (χ4n) is 0.558. The highest BCUT2D eigenvalue weighted by Gasteiger charge is 2.46. The molecule has 0 aliphatic carbocycles. The number of hydrogen-bond donors (Lipinski definition) is 0. The SMILES string of the molecule is FC(OC(OC(F)C(Cl)(Cl)Cl)C(Cl)(Cl)Cl)C(Cl)(Cl)Cl. The van der Waals surface area contributed by atoms with E-state index >= 15 is 0 Å². The van der Waals surface area contributed by atoms with Crippen LogP contribution >= 0.6 is 104 Å². The van der Waals surface area contributed by atoms with Gasteiger partial charge in [-0.3, -0.25) is 0 Å². The molecule has 0 spiro atoms. The van der Waals surface area contributed by atoms with Crippen LogP contribution in [0.1, 0.15) is 0 Å². The fourth-order valence-corrected chi connectivity index (χ4v) is 1.17. The van der Waals surface area contributed by atoms with Crippen LogP contribution in [-0.2, 0) is 9.47 Å². The van der Waals surface area contributed by atoms with Crippen molar-refractivity contribution < 1.29 is 18.3 Å². The quantitative estimate of drug-likeness (QED) is 0.373. The number of hydrogen-bond acceptors (Lipinski definition) is 2. The molecule has 116 valence electrons. The van der Waals surface area contributed by atoms with Gasteiger partial charge in [0.15, 0.2) is 0 Å². The molecule has 0 aliphatic rings. The maximum atomic E-state index is 13.3. The van der Waals surface area contributed by atoms with Gasteiger partial charge >= 0.3 is 0 Å². The van der Waals surface area contributed by atoms with E-state index in [1.54, 1.807) is 0 Å². The lowest BCUT2D eigenvalue weighted by atomic mass is 10.6. The van der Waals surface area contributed by atoms with Crippen LogP contribution in [0.15, 0.2) is 0 Å². The van der Waals surface area contributed by atoms with Crippen molar-refractivity contribution in [2.24, 2.45) is 0 Å². The van der Waals surface area contributed by atoms with Crippen molar-refractivity contribution in [3.8, 4) is 0 Å². The minimum Gasteiger partial charge on any atom is -0.310 e. The Morgan fingerprint density at radius 2 is 0.842 bits per heavy atom. The van der Waals surface area contributed by atoms with Gasteiger partial charge in [0, 0.05) is 0 Å². The van der Waals surface area contributed by atoms with E-state index in [9.17, 15) is 8.78 Å². The summed E-state index contributed by atoms with van der Waals surface area (Å²) in [6.45, 7) is 0. The molecule has 2 nitrogen and oxygen atoms in total. The third-order valence-corrected chi connectivity index (χ3v) is 2.83. The lowest BCUT2D eigenvalue weighted by Crippen LogP contribution is -2.42. The van der Waals surface area contributed by atoms with Gasteiger partial charge in [0.05, 0.1) is 0 Å². The van der Waals surface area contributed by atoms with Gasteiger partial charge in [-0.25, -0.2) is 8.78 Å². The molecule has 0 aromatic carbocycles. The molecule has 0 aromatic heterocycles. The maximum absolute atomic E-state index is 13.3. The van der Waals surface area contributed by atoms with Crippen LogP contribution < -0.4 is 0 Å². The molecule has 0 rings (SSSR count). The average molecular weight is 464 g/mol. The van der Waals surface area contributed by atoms with Gasteiger partial charge < -0.3 is 9.47 Å². The van der Waals surface area contributed by atoms with Gasteiger partial charge in [-0.15, -0.1) is 0 Å². The lowest BCUT2D eigenvalue weighted by molar-refractivity contribution is -0.239. The minimum absolute atomic E-state index is 2.14. The van der Waals surface area contributed by atoms with E-state index in [1.165, 1.54) is 0 Å². The summed E-state index contributed by atoms with van der Waals surface area (Å²) in [5, 5.41) is 0. The molecule has 0 saturated carbocycles. The molecular weight excluding hydrogens is 461 g/mol. The molecule has 2 unspecified atom stereocenters. The minimum atomic E-state index is -2.60. The van der Waals surface area contributed by atoms with Crippen LogP contribution in [-0.4, -0.2) is 30.4 Å². The molecule has 0 bridgehead atoms. The van der Waals surface area contributed by atoms with Crippen molar-refractivity contribution in [2.45, 2.75) is 30.4 Å². The first kappa shape index (κ1) is 21.4. The van der Waals surface area contributed by atoms with Crippen LogP contribution in [0.3, 0.4) is 0 Å². The number of ether oxygens (including phenoxy) is 2. The molecule has 13 heteroatoms. The fraction of sp³-hybridized carbons (Fsp3) is 1.00. The summed E-state index contributed by atoms with van der Waals surface area (Å²) >= 11 is 47.2. The number of halogens is 11. The monoisotopic (exact) mass is 460 g/mol. The summed E-state index contributed by atoms with van der Waals surface area (Å²) in [5.41, 5.74) is 0. The van der Waals surface area contributed by atoms with E-state index in [0.717, 1.165) is 0 Å². The zero-order valence-electron chi connectivity index (χ0n) is 8.21. The Morgan fingerprint density at radius 3 is 1.00 bits per heavy atom. The van der Waals surface area contributed by atoms with Crippen LogP contribution in [0.5, 0.6) is 0 Å². The van der Waals surface area contributed by atoms with Crippen molar-refractivity contribution in [3.05, 3.63) is 0 Å². The topological polar surface area (TPSA) is 18.5 Å². The summed E-state index contributed by atoms with van der Waals surface area (Å²) in [4.78, 5) is 0. The highest BCUT2D eigenvalue weighted by atomic mass is 35.6. The summed E-state index contributed by atoms with van der Waals surface area (Å²) in [6, 6.07) is 0. The van der Waals surface area contributed by atoms with Crippen LogP contribution in [0.2, 0.25) is 0 Å². The zero-order chi connectivity index (χ0) is 15.6. The molecule has 2 atom stereocenters. The van der Waals surface area contributed by atoms with Crippen LogP contribution in [0.25, 0.3) is 0 Å². The first-order valence-corrected chi connectivity index (χ1v) is 7.35. The predicted molar refractivity (Wildman–Crippen MR) is 76.6 cm³/mol. The van der Waals surface area contributed by atoms with Gasteiger partial charge in [0.25, 0.3) is 0 Å². The molecule has 19 heavy (non-hydrogen) atoms. The Kier molecular flexibility index (Phi) is 8.76. The molecule has 0 heterocycles. The van der Waals surface area contributed by atoms with Gasteiger partial charge in [0.2, 0.25) is 30.4 Å². The second kappa shape index (κ2) is 7.78. The van der Waals surface area contributed by atoms with Crippen LogP contribution in [0, 0.1) is 0 Å². The summed E-state index contributed by atoms with van der Waals surface area (Å²) in [5.74, 6) is 0. The number of rotatable bonds is 4. The van der Waals surface area contributed by atoms with Gasteiger partial charge in [0.1, 0.15) is 0 Å². The maximum Gasteiger partial charge on any atom is 0.248 e. The van der Waals surface area contributed by atoms with E-state index in [2.05, 4.69) is 9.47 Å². The van der Waals surface area contributed by atoms with E-state index < -0.39 is 30.4 Å². The van der Waals surface area contributed by atoms with Crippen molar-refractivity contribution in [1.29, 1.82) is 0 Å². The lowest BCUT2D eigenvalue weighted by Gasteiger charge is -2.30. The van der Waals surface area contributed by atoms with E-state index in [4.69, 9.17) is 104 Å². The highest BCUT2D eigenvalue weighted by Crippen LogP contribution is 2.42. The second-order valence-corrected chi connectivity index (χ2v) is 9.97. The molecule has 0 aliphatic heterocycles. The van der Waals surface area contributed by atoms with Crippen LogP contribution in [0.4, 0.5) is 8.78 Å². The normalized spacial score (nSPS) is 19.1. The first-order chi connectivity index (χ1) is 8.15. The molecular formula is C6H3Cl9F2O2. The van der Waals surface area contributed by atoms with Crippen molar-refractivity contribution in [1.82, 2.24) is 0 Å². The average Bonchev–Trinajstić information content (AvgIpc) is 2.11. The largest absolute Gasteiger partial charge is 0.310 e. The van der Waals surface area contributed by atoms with E-state index in [1.807, 2.05) is 0 Å². The highest BCUT2D eigenvalue weighted by molar-refractivity contribution is 6.69. The van der Waals surface area contributed by atoms with Gasteiger partial charge in [-0.05, 0) is 0 Å². The summed E-state index contributed by atoms with van der Waals surface area (Å²) < 4.78 is 27.9. The predicted octanol–water partition coefficient (Wildman–Crippen LogP) is 6.05. The second-order valence-electron chi connectivity index (χ2n) is 2.86. The standard InChI is InChI=1S/C6H3Cl9F2O2/c7-4(8,9)1(16)18-3(6(13,14)15)19-2(17)5(10,11)12/h1-3H.